The third-order valence-electron chi connectivity index (χ3n) is 3.24. The molecule has 6 nitrogen and oxygen atoms in total. The van der Waals surface area contributed by atoms with Gasteiger partial charge in [0.05, 0.1) is 4.92 Å². The number of carbonyl (C=O) groups is 1. The Morgan fingerprint density at radius 1 is 1.12 bits per heavy atom. The molecule has 8 heteroatoms. The lowest BCUT2D eigenvalue weighted by Gasteiger charge is -2.16. The summed E-state index contributed by atoms with van der Waals surface area (Å²) in [6.45, 7) is 0. The molecule has 1 unspecified atom stereocenters. The molecule has 0 saturated carbocycles. The largest absolute Gasteiger partial charge is 0.345 e. The van der Waals surface area contributed by atoms with Crippen LogP contribution in [0.5, 0.6) is 0 Å². The average Bonchev–Trinajstić information content (AvgIpc) is 3.10. The molecule has 0 aliphatic heterocycles. The van der Waals surface area contributed by atoms with Crippen LogP contribution in [0.15, 0.2) is 71.8 Å². The molecule has 3 rings (SSSR count). The zero-order chi connectivity index (χ0) is 17.6. The number of hydrogen-bond donors (Lipinski definition) is 1. The van der Waals surface area contributed by atoms with Crippen LogP contribution >= 0.6 is 23.1 Å². The SMILES string of the molecule is O=C(Nc1ncc([N+](=O)[O-])s1)C(Sc1ccccc1)c1ccccc1. The van der Waals surface area contributed by atoms with Gasteiger partial charge in [-0.25, -0.2) is 4.98 Å². The summed E-state index contributed by atoms with van der Waals surface area (Å²) in [5.41, 5.74) is 0.847. The molecule has 1 aromatic heterocycles. The molecule has 1 heterocycles. The second-order valence-corrected chi connectivity index (χ2v) is 7.16. The van der Waals surface area contributed by atoms with E-state index in [0.29, 0.717) is 0 Å². The van der Waals surface area contributed by atoms with Crippen molar-refractivity contribution < 1.29 is 9.72 Å². The van der Waals surface area contributed by atoms with Crippen LogP contribution in [0.3, 0.4) is 0 Å². The average molecular weight is 371 g/mol. The maximum Gasteiger partial charge on any atom is 0.345 e. The zero-order valence-electron chi connectivity index (χ0n) is 12.9. The summed E-state index contributed by atoms with van der Waals surface area (Å²) < 4.78 is 0. The number of amides is 1. The van der Waals surface area contributed by atoms with Crippen molar-refractivity contribution in [3.8, 4) is 0 Å². The van der Waals surface area contributed by atoms with Gasteiger partial charge in [-0.05, 0) is 29.0 Å². The normalized spacial score (nSPS) is 11.7. The number of benzene rings is 2. The van der Waals surface area contributed by atoms with Gasteiger partial charge in [-0.2, -0.15) is 0 Å². The molecule has 1 amide bonds. The first-order valence-corrected chi connectivity index (χ1v) is 9.01. The number of nitro groups is 1. The number of anilines is 1. The van der Waals surface area contributed by atoms with Crippen LogP contribution in [0.4, 0.5) is 10.1 Å². The maximum atomic E-state index is 12.8. The Bertz CT molecular complexity index is 869. The Morgan fingerprint density at radius 2 is 1.76 bits per heavy atom. The zero-order valence-corrected chi connectivity index (χ0v) is 14.5. The highest BCUT2D eigenvalue weighted by atomic mass is 32.2. The van der Waals surface area contributed by atoms with E-state index in [2.05, 4.69) is 10.3 Å². The molecule has 0 saturated heterocycles. The standard InChI is InChI=1S/C17H13N3O3S2/c21-16(19-17-18-11-14(25-17)20(22)23)15(12-7-3-1-4-8-12)24-13-9-5-2-6-10-13/h1-11,15H,(H,18,19,21). The van der Waals surface area contributed by atoms with Crippen molar-refractivity contribution in [2.75, 3.05) is 5.32 Å². The molecule has 0 radical (unpaired) electrons. The lowest BCUT2D eigenvalue weighted by atomic mass is 10.1. The van der Waals surface area contributed by atoms with E-state index in [-0.39, 0.29) is 16.0 Å². The lowest BCUT2D eigenvalue weighted by Crippen LogP contribution is -2.18. The molecule has 1 N–H and O–H groups in total. The van der Waals surface area contributed by atoms with Crippen molar-refractivity contribution in [2.24, 2.45) is 0 Å². The fraction of sp³-hybridized carbons (Fsp3) is 0.0588. The van der Waals surface area contributed by atoms with Crippen LogP contribution in [-0.4, -0.2) is 15.8 Å². The molecule has 0 aliphatic carbocycles. The summed E-state index contributed by atoms with van der Waals surface area (Å²) in [5, 5.41) is 13.0. The molecule has 0 aliphatic rings. The second kappa shape index (κ2) is 7.91. The van der Waals surface area contributed by atoms with Crippen LogP contribution in [0, 0.1) is 10.1 Å². The topological polar surface area (TPSA) is 85.1 Å². The van der Waals surface area contributed by atoms with Crippen molar-refractivity contribution in [1.82, 2.24) is 4.98 Å². The van der Waals surface area contributed by atoms with Crippen molar-refractivity contribution in [1.29, 1.82) is 0 Å². The number of carbonyl (C=O) groups excluding carboxylic acids is 1. The molecule has 25 heavy (non-hydrogen) atoms. The molecule has 2 aromatic carbocycles. The highest BCUT2D eigenvalue weighted by Gasteiger charge is 2.24. The minimum atomic E-state index is -0.527. The van der Waals surface area contributed by atoms with Gasteiger partial charge in [0.2, 0.25) is 5.91 Å². The van der Waals surface area contributed by atoms with Crippen molar-refractivity contribution in [2.45, 2.75) is 10.1 Å². The first kappa shape index (κ1) is 17.1. The number of thiazole rings is 1. The fourth-order valence-corrected chi connectivity index (χ4v) is 3.80. The summed E-state index contributed by atoms with van der Waals surface area (Å²) in [5.74, 6) is -0.274. The van der Waals surface area contributed by atoms with E-state index in [9.17, 15) is 14.9 Å². The lowest BCUT2D eigenvalue weighted by molar-refractivity contribution is -0.380. The molecule has 1 atom stereocenters. The van der Waals surface area contributed by atoms with Crippen molar-refractivity contribution >= 4 is 39.1 Å². The van der Waals surface area contributed by atoms with Crippen molar-refractivity contribution in [3.63, 3.8) is 0 Å². The smallest absolute Gasteiger partial charge is 0.301 e. The quantitative estimate of drug-likeness (QED) is 0.391. The Balaban J connectivity index is 1.82. The minimum Gasteiger partial charge on any atom is -0.301 e. The van der Waals surface area contributed by atoms with E-state index in [1.807, 2.05) is 60.7 Å². The second-order valence-electron chi connectivity index (χ2n) is 4.97. The first-order chi connectivity index (χ1) is 12.1. The van der Waals surface area contributed by atoms with Gasteiger partial charge >= 0.3 is 5.00 Å². The van der Waals surface area contributed by atoms with Crippen LogP contribution in [0.2, 0.25) is 0 Å². The van der Waals surface area contributed by atoms with Crippen LogP contribution < -0.4 is 5.32 Å². The summed E-state index contributed by atoms with van der Waals surface area (Å²) in [6.07, 6.45) is 1.14. The molecule has 0 bridgehead atoms. The van der Waals surface area contributed by atoms with Gasteiger partial charge in [0.15, 0.2) is 5.13 Å². The van der Waals surface area contributed by atoms with E-state index >= 15 is 0 Å². The summed E-state index contributed by atoms with van der Waals surface area (Å²) in [4.78, 5) is 27.8. The molecule has 3 aromatic rings. The fourth-order valence-electron chi connectivity index (χ4n) is 2.11. The van der Waals surface area contributed by atoms with E-state index in [1.54, 1.807) is 0 Å². The van der Waals surface area contributed by atoms with Crippen LogP contribution in [-0.2, 0) is 4.79 Å². The molecule has 0 spiro atoms. The van der Waals surface area contributed by atoms with E-state index in [4.69, 9.17) is 0 Å². The monoisotopic (exact) mass is 371 g/mol. The summed E-state index contributed by atoms with van der Waals surface area (Å²) >= 11 is 2.25. The third-order valence-corrected chi connectivity index (χ3v) is 5.37. The number of nitrogens with one attached hydrogen (secondary N) is 1. The highest BCUT2D eigenvalue weighted by Crippen LogP contribution is 2.36. The van der Waals surface area contributed by atoms with Gasteiger partial charge in [-0.3, -0.25) is 14.9 Å². The van der Waals surface area contributed by atoms with Gasteiger partial charge < -0.3 is 5.32 Å². The van der Waals surface area contributed by atoms with Crippen molar-refractivity contribution in [3.05, 3.63) is 82.5 Å². The number of aromatic nitrogens is 1. The Hall–Kier alpha value is -2.71. The summed E-state index contributed by atoms with van der Waals surface area (Å²) in [7, 11) is 0. The maximum absolute atomic E-state index is 12.8. The van der Waals surface area contributed by atoms with Gasteiger partial charge in [-0.15, -0.1) is 11.8 Å². The number of hydrogen-bond acceptors (Lipinski definition) is 6. The van der Waals surface area contributed by atoms with Gasteiger partial charge in [0, 0.05) is 4.90 Å². The Morgan fingerprint density at radius 3 is 2.36 bits per heavy atom. The van der Waals surface area contributed by atoms with Gasteiger partial charge in [-0.1, -0.05) is 48.5 Å². The van der Waals surface area contributed by atoms with Crippen LogP contribution in [0.1, 0.15) is 10.8 Å². The Kier molecular flexibility index (Phi) is 5.42. The third kappa shape index (κ3) is 4.43. The molecular formula is C17H13N3O3S2. The highest BCUT2D eigenvalue weighted by molar-refractivity contribution is 8.00. The number of nitrogens with zero attached hydrogens (tertiary/aromatic N) is 2. The Labute approximate surface area is 152 Å². The summed E-state index contributed by atoms with van der Waals surface area (Å²) in [6, 6.07) is 19.0. The minimum absolute atomic E-state index is 0.109. The molecule has 126 valence electrons. The van der Waals surface area contributed by atoms with Gasteiger partial charge in [0.1, 0.15) is 11.4 Å². The predicted molar refractivity (Wildman–Crippen MR) is 98.9 cm³/mol. The number of thioether (sulfide) groups is 1. The van der Waals surface area contributed by atoms with E-state index in [1.165, 1.54) is 11.8 Å². The van der Waals surface area contributed by atoms with Crippen LogP contribution in [0.25, 0.3) is 0 Å². The van der Waals surface area contributed by atoms with E-state index < -0.39 is 10.2 Å². The van der Waals surface area contributed by atoms with E-state index in [0.717, 1.165) is 28.0 Å². The molecule has 0 fully saturated rings. The predicted octanol–water partition coefficient (Wildman–Crippen LogP) is 4.52. The molecular weight excluding hydrogens is 358 g/mol. The first-order valence-electron chi connectivity index (χ1n) is 7.31. The number of rotatable bonds is 6. The van der Waals surface area contributed by atoms with Gasteiger partial charge in [0.25, 0.3) is 0 Å².